The van der Waals surface area contributed by atoms with Gasteiger partial charge in [0.05, 0.1) is 11.4 Å². The molecule has 1 saturated heterocycles. The minimum atomic E-state index is 0. The summed E-state index contributed by atoms with van der Waals surface area (Å²) in [6.07, 6.45) is 8.99. The zero-order valence-electron chi connectivity index (χ0n) is 14.8. The molecule has 1 amide bonds. The molecule has 0 radical (unpaired) electrons. The van der Waals surface area contributed by atoms with Gasteiger partial charge in [-0.15, -0.1) is 24.8 Å². The smallest absolute Gasteiger partial charge is 0.227 e. The fourth-order valence-corrected chi connectivity index (χ4v) is 3.87. The molecule has 2 fully saturated rings. The molecular formula is C19H31Cl2N3O. The van der Waals surface area contributed by atoms with Crippen LogP contribution in [0, 0.1) is 5.92 Å². The molecule has 0 aromatic heterocycles. The van der Waals surface area contributed by atoms with Crippen LogP contribution in [0.15, 0.2) is 24.3 Å². The number of hydrogen-bond acceptors (Lipinski definition) is 3. The van der Waals surface area contributed by atoms with E-state index in [2.05, 4.69) is 22.3 Å². The SMILES string of the molecule is Cl.Cl.NC1CCCC(C(=O)Nc2ccccc2N2CCCCCC2)C1. The van der Waals surface area contributed by atoms with Crippen LogP contribution >= 0.6 is 24.8 Å². The van der Waals surface area contributed by atoms with Gasteiger partial charge in [-0.25, -0.2) is 0 Å². The van der Waals surface area contributed by atoms with Crippen LogP contribution in [0.1, 0.15) is 51.4 Å². The Hall–Kier alpha value is -0.970. The van der Waals surface area contributed by atoms with Crippen LogP contribution in [0.3, 0.4) is 0 Å². The van der Waals surface area contributed by atoms with Gasteiger partial charge in [0, 0.05) is 25.0 Å². The Kier molecular flexibility index (Phi) is 9.62. The van der Waals surface area contributed by atoms with E-state index in [0.717, 1.165) is 44.5 Å². The molecule has 3 N–H and O–H groups in total. The fourth-order valence-electron chi connectivity index (χ4n) is 3.87. The van der Waals surface area contributed by atoms with Gasteiger partial charge in [-0.1, -0.05) is 31.4 Å². The molecule has 2 atom stereocenters. The van der Waals surface area contributed by atoms with Crippen molar-refractivity contribution in [2.75, 3.05) is 23.3 Å². The zero-order valence-corrected chi connectivity index (χ0v) is 16.4. The summed E-state index contributed by atoms with van der Waals surface area (Å²) in [7, 11) is 0. The van der Waals surface area contributed by atoms with Gasteiger partial charge in [0.15, 0.2) is 0 Å². The molecule has 142 valence electrons. The molecule has 6 heteroatoms. The minimum Gasteiger partial charge on any atom is -0.370 e. The Labute approximate surface area is 163 Å². The van der Waals surface area contributed by atoms with Crippen molar-refractivity contribution >= 4 is 42.1 Å². The highest BCUT2D eigenvalue weighted by atomic mass is 35.5. The molecule has 1 heterocycles. The second-order valence-corrected chi connectivity index (χ2v) is 7.03. The Morgan fingerprint density at radius 3 is 2.36 bits per heavy atom. The van der Waals surface area contributed by atoms with Gasteiger partial charge in [-0.2, -0.15) is 0 Å². The molecule has 2 aliphatic rings. The summed E-state index contributed by atoms with van der Waals surface area (Å²) in [4.78, 5) is 15.1. The Morgan fingerprint density at radius 1 is 1.00 bits per heavy atom. The first-order valence-corrected chi connectivity index (χ1v) is 9.14. The van der Waals surface area contributed by atoms with Crippen molar-refractivity contribution in [1.29, 1.82) is 0 Å². The number of amides is 1. The molecule has 2 unspecified atom stereocenters. The van der Waals surface area contributed by atoms with Crippen molar-refractivity contribution in [3.63, 3.8) is 0 Å². The van der Waals surface area contributed by atoms with Gasteiger partial charge in [0.25, 0.3) is 0 Å². The number of nitrogens with zero attached hydrogens (tertiary/aromatic N) is 1. The molecule has 25 heavy (non-hydrogen) atoms. The monoisotopic (exact) mass is 387 g/mol. The van der Waals surface area contributed by atoms with E-state index in [-0.39, 0.29) is 42.7 Å². The Balaban J connectivity index is 0.00000156. The van der Waals surface area contributed by atoms with E-state index < -0.39 is 0 Å². The first-order valence-electron chi connectivity index (χ1n) is 9.14. The highest BCUT2D eigenvalue weighted by Crippen LogP contribution is 2.30. The van der Waals surface area contributed by atoms with Crippen molar-refractivity contribution < 1.29 is 4.79 Å². The molecule has 1 aliphatic heterocycles. The van der Waals surface area contributed by atoms with E-state index in [4.69, 9.17) is 5.73 Å². The third-order valence-electron chi connectivity index (χ3n) is 5.19. The number of carbonyl (C=O) groups is 1. The largest absolute Gasteiger partial charge is 0.370 e. The summed E-state index contributed by atoms with van der Waals surface area (Å²) >= 11 is 0. The first-order chi connectivity index (χ1) is 11.2. The average molecular weight is 388 g/mol. The number of halogens is 2. The van der Waals surface area contributed by atoms with Gasteiger partial charge in [-0.3, -0.25) is 4.79 Å². The number of anilines is 2. The van der Waals surface area contributed by atoms with Crippen molar-refractivity contribution in [2.24, 2.45) is 11.7 Å². The minimum absolute atomic E-state index is 0. The first kappa shape index (κ1) is 22.1. The Morgan fingerprint density at radius 2 is 1.68 bits per heavy atom. The normalized spacial score (nSPS) is 23.6. The molecule has 4 nitrogen and oxygen atoms in total. The lowest BCUT2D eigenvalue weighted by Gasteiger charge is -2.28. The molecule has 0 spiro atoms. The van der Waals surface area contributed by atoms with Gasteiger partial charge in [0.1, 0.15) is 0 Å². The summed E-state index contributed by atoms with van der Waals surface area (Å²) in [6.45, 7) is 2.17. The number of hydrogen-bond donors (Lipinski definition) is 2. The van der Waals surface area contributed by atoms with E-state index in [1.165, 1.54) is 31.4 Å². The molecule has 1 saturated carbocycles. The van der Waals surface area contributed by atoms with Crippen LogP contribution in [-0.2, 0) is 4.79 Å². The average Bonchev–Trinajstić information content (AvgIpc) is 2.84. The van der Waals surface area contributed by atoms with Crippen molar-refractivity contribution in [3.05, 3.63) is 24.3 Å². The van der Waals surface area contributed by atoms with E-state index >= 15 is 0 Å². The standard InChI is InChI=1S/C19H29N3O.2ClH/c20-16-9-7-8-15(14-16)19(23)21-17-10-3-4-11-18(17)22-12-5-1-2-6-13-22;;/h3-4,10-11,15-16H,1-2,5-9,12-14,20H2,(H,21,23);2*1H. The number of nitrogens with one attached hydrogen (secondary N) is 1. The molecule has 1 aliphatic carbocycles. The lowest BCUT2D eigenvalue weighted by Crippen LogP contribution is -2.34. The zero-order chi connectivity index (χ0) is 16.1. The number of carbonyl (C=O) groups excluding carboxylic acids is 1. The summed E-state index contributed by atoms with van der Waals surface area (Å²) < 4.78 is 0. The highest BCUT2D eigenvalue weighted by molar-refractivity contribution is 5.96. The fraction of sp³-hybridized carbons (Fsp3) is 0.632. The number of para-hydroxylation sites is 2. The maximum Gasteiger partial charge on any atom is 0.227 e. The maximum atomic E-state index is 12.6. The van der Waals surface area contributed by atoms with Crippen LogP contribution < -0.4 is 16.0 Å². The lowest BCUT2D eigenvalue weighted by molar-refractivity contribution is -0.120. The molecule has 0 bridgehead atoms. The Bertz CT molecular complexity index is 533. The third-order valence-corrected chi connectivity index (χ3v) is 5.19. The van der Waals surface area contributed by atoms with Gasteiger partial charge in [0.2, 0.25) is 5.91 Å². The van der Waals surface area contributed by atoms with Gasteiger partial charge in [-0.05, 0) is 44.2 Å². The van der Waals surface area contributed by atoms with Crippen LogP contribution in [0.2, 0.25) is 0 Å². The second-order valence-electron chi connectivity index (χ2n) is 7.03. The maximum absolute atomic E-state index is 12.6. The number of nitrogens with two attached hydrogens (primary N) is 1. The van der Waals surface area contributed by atoms with E-state index in [1.54, 1.807) is 0 Å². The lowest BCUT2D eigenvalue weighted by atomic mass is 9.85. The quantitative estimate of drug-likeness (QED) is 0.809. The number of rotatable bonds is 3. The van der Waals surface area contributed by atoms with E-state index in [1.807, 2.05) is 12.1 Å². The van der Waals surface area contributed by atoms with Gasteiger partial charge < -0.3 is 16.0 Å². The van der Waals surface area contributed by atoms with Crippen LogP contribution in [0.4, 0.5) is 11.4 Å². The van der Waals surface area contributed by atoms with Crippen LogP contribution in [0.5, 0.6) is 0 Å². The summed E-state index contributed by atoms with van der Waals surface area (Å²) in [5, 5.41) is 3.18. The van der Waals surface area contributed by atoms with E-state index in [0.29, 0.717) is 0 Å². The third kappa shape index (κ3) is 6.05. The van der Waals surface area contributed by atoms with Crippen molar-refractivity contribution in [2.45, 2.75) is 57.4 Å². The second kappa shape index (κ2) is 10.9. The highest BCUT2D eigenvalue weighted by Gasteiger charge is 2.26. The molecule has 1 aromatic rings. The molecule has 1 aromatic carbocycles. The van der Waals surface area contributed by atoms with Crippen LogP contribution in [0.25, 0.3) is 0 Å². The molecule has 3 rings (SSSR count). The predicted molar refractivity (Wildman–Crippen MR) is 110 cm³/mol. The molecular weight excluding hydrogens is 357 g/mol. The van der Waals surface area contributed by atoms with Crippen LogP contribution in [-0.4, -0.2) is 25.0 Å². The number of benzene rings is 1. The van der Waals surface area contributed by atoms with Crippen molar-refractivity contribution in [1.82, 2.24) is 0 Å². The summed E-state index contributed by atoms with van der Waals surface area (Å²) in [5.41, 5.74) is 8.16. The summed E-state index contributed by atoms with van der Waals surface area (Å²) in [5.74, 6) is 0.207. The van der Waals surface area contributed by atoms with E-state index in [9.17, 15) is 4.79 Å². The predicted octanol–water partition coefficient (Wildman–Crippen LogP) is 4.37. The van der Waals surface area contributed by atoms with Gasteiger partial charge >= 0.3 is 0 Å². The summed E-state index contributed by atoms with van der Waals surface area (Å²) in [6, 6.07) is 8.41. The topological polar surface area (TPSA) is 58.4 Å². The van der Waals surface area contributed by atoms with Crippen molar-refractivity contribution in [3.8, 4) is 0 Å².